The standard InChI is InChI=1S/C23H24FN5O5S/c1-27(11-14-4-2-3-6-34-14)21(31)13-9-28(10-13)20-17(24)8-15-18(30)16(22(32)33)12-29(19(15)26-20)23-25-5-7-35-23/h5,7-8,12-14H,2-4,6,9-11H2,1H3,(H,32,33). The van der Waals surface area contributed by atoms with Crippen LogP contribution in [0.2, 0.25) is 0 Å². The lowest BCUT2D eigenvalue weighted by atomic mass is 9.98. The molecule has 3 aromatic heterocycles. The number of anilines is 1. The Morgan fingerprint density at radius 1 is 1.34 bits per heavy atom. The Hall–Kier alpha value is -3.38. The van der Waals surface area contributed by atoms with Crippen LogP contribution in [0.1, 0.15) is 29.6 Å². The van der Waals surface area contributed by atoms with Gasteiger partial charge in [-0.25, -0.2) is 19.2 Å². The number of fused-ring (bicyclic) bond motifs is 1. The van der Waals surface area contributed by atoms with Gasteiger partial charge in [0.05, 0.1) is 17.4 Å². The number of aromatic carboxylic acids is 1. The number of carboxylic acids is 1. The summed E-state index contributed by atoms with van der Waals surface area (Å²) in [7, 11) is 1.75. The summed E-state index contributed by atoms with van der Waals surface area (Å²) in [6, 6.07) is 1.01. The van der Waals surface area contributed by atoms with Crippen LogP contribution >= 0.6 is 11.3 Å². The molecule has 1 atom stereocenters. The zero-order chi connectivity index (χ0) is 24.7. The molecule has 2 aliphatic heterocycles. The lowest BCUT2D eigenvalue weighted by Gasteiger charge is -2.41. The van der Waals surface area contributed by atoms with Crippen LogP contribution in [0.25, 0.3) is 16.2 Å². The van der Waals surface area contributed by atoms with E-state index in [2.05, 4.69) is 9.97 Å². The van der Waals surface area contributed by atoms with Crippen molar-refractivity contribution >= 4 is 40.1 Å². The van der Waals surface area contributed by atoms with Crippen molar-refractivity contribution in [2.45, 2.75) is 25.4 Å². The van der Waals surface area contributed by atoms with E-state index >= 15 is 4.39 Å². The zero-order valence-electron chi connectivity index (χ0n) is 19.0. The number of nitrogens with zero attached hydrogens (tertiary/aromatic N) is 5. The summed E-state index contributed by atoms with van der Waals surface area (Å²) < 4.78 is 22.2. The van der Waals surface area contributed by atoms with Crippen molar-refractivity contribution in [3.63, 3.8) is 0 Å². The fourth-order valence-electron chi connectivity index (χ4n) is 4.54. The number of amides is 1. The minimum absolute atomic E-state index is 0.00704. The molecule has 12 heteroatoms. The third-order valence-electron chi connectivity index (χ3n) is 6.43. The second kappa shape index (κ2) is 9.34. The summed E-state index contributed by atoms with van der Waals surface area (Å²) in [5.74, 6) is -2.48. The van der Waals surface area contributed by atoms with Crippen LogP contribution in [-0.2, 0) is 9.53 Å². The maximum atomic E-state index is 15.0. The molecule has 2 fully saturated rings. The number of carbonyl (C=O) groups is 2. The third-order valence-corrected chi connectivity index (χ3v) is 7.20. The van der Waals surface area contributed by atoms with Gasteiger partial charge in [-0.1, -0.05) is 0 Å². The molecule has 2 aliphatic rings. The van der Waals surface area contributed by atoms with Crippen LogP contribution in [-0.4, -0.2) is 75.8 Å². The van der Waals surface area contributed by atoms with Crippen LogP contribution < -0.4 is 10.3 Å². The van der Waals surface area contributed by atoms with E-state index in [4.69, 9.17) is 4.74 Å². The highest BCUT2D eigenvalue weighted by molar-refractivity contribution is 7.12. The van der Waals surface area contributed by atoms with Crippen LogP contribution in [0.4, 0.5) is 10.2 Å². The highest BCUT2D eigenvalue weighted by Crippen LogP contribution is 2.30. The lowest BCUT2D eigenvalue weighted by molar-refractivity contribution is -0.137. The summed E-state index contributed by atoms with van der Waals surface area (Å²) in [4.78, 5) is 49.0. The molecule has 3 aromatic rings. The smallest absolute Gasteiger partial charge is 0.341 e. The molecular formula is C23H24FN5O5S. The predicted octanol–water partition coefficient (Wildman–Crippen LogP) is 2.14. The van der Waals surface area contributed by atoms with Gasteiger partial charge in [-0.15, -0.1) is 11.3 Å². The largest absolute Gasteiger partial charge is 0.477 e. The summed E-state index contributed by atoms with van der Waals surface area (Å²) in [5.41, 5.74) is -1.21. The van der Waals surface area contributed by atoms with Gasteiger partial charge in [0, 0.05) is 51.1 Å². The Labute approximate surface area is 203 Å². The normalized spacial score (nSPS) is 18.5. The summed E-state index contributed by atoms with van der Waals surface area (Å²) >= 11 is 1.23. The van der Waals surface area contributed by atoms with E-state index in [1.54, 1.807) is 22.2 Å². The second-order valence-corrected chi connectivity index (χ2v) is 9.71. The van der Waals surface area contributed by atoms with E-state index in [1.165, 1.54) is 22.1 Å². The second-order valence-electron chi connectivity index (χ2n) is 8.84. The quantitative estimate of drug-likeness (QED) is 0.546. The lowest BCUT2D eigenvalue weighted by Crippen LogP contribution is -2.55. The molecule has 0 bridgehead atoms. The molecule has 1 N–H and O–H groups in total. The van der Waals surface area contributed by atoms with E-state index in [0.29, 0.717) is 24.8 Å². The Morgan fingerprint density at radius 2 is 2.14 bits per heavy atom. The van der Waals surface area contributed by atoms with Crippen molar-refractivity contribution in [2.24, 2.45) is 5.92 Å². The van der Waals surface area contributed by atoms with E-state index < -0.39 is 22.8 Å². The number of rotatable bonds is 6. The van der Waals surface area contributed by atoms with Crippen LogP contribution in [0.3, 0.4) is 0 Å². The molecule has 0 radical (unpaired) electrons. The molecule has 0 saturated carbocycles. The van der Waals surface area contributed by atoms with E-state index in [1.807, 2.05) is 0 Å². The number of hydrogen-bond acceptors (Lipinski definition) is 8. The van der Waals surface area contributed by atoms with Gasteiger partial charge in [0.1, 0.15) is 5.56 Å². The monoisotopic (exact) mass is 501 g/mol. The molecule has 0 aliphatic carbocycles. The Morgan fingerprint density at radius 3 is 2.80 bits per heavy atom. The number of ether oxygens (including phenoxy) is 1. The maximum Gasteiger partial charge on any atom is 0.341 e. The predicted molar refractivity (Wildman–Crippen MR) is 127 cm³/mol. The van der Waals surface area contributed by atoms with E-state index in [0.717, 1.165) is 38.1 Å². The van der Waals surface area contributed by atoms with Crippen LogP contribution in [0, 0.1) is 11.7 Å². The fraction of sp³-hybridized carbons (Fsp3) is 0.435. The first-order chi connectivity index (χ1) is 16.8. The Kier molecular flexibility index (Phi) is 6.24. The van der Waals surface area contributed by atoms with Crippen molar-refractivity contribution in [1.29, 1.82) is 0 Å². The molecule has 184 valence electrons. The fourth-order valence-corrected chi connectivity index (χ4v) is 5.15. The van der Waals surface area contributed by atoms with Crippen molar-refractivity contribution < 1.29 is 23.8 Å². The van der Waals surface area contributed by atoms with Gasteiger partial charge in [0.15, 0.2) is 22.4 Å². The van der Waals surface area contributed by atoms with Gasteiger partial charge in [0.2, 0.25) is 11.3 Å². The molecule has 0 aromatic carbocycles. The number of likely N-dealkylation sites (N-methyl/N-ethyl adjacent to an activating group) is 1. The number of pyridine rings is 2. The molecule has 1 unspecified atom stereocenters. The van der Waals surface area contributed by atoms with Gasteiger partial charge in [-0.05, 0) is 25.3 Å². The molecule has 5 rings (SSSR count). The topological polar surface area (TPSA) is 118 Å². The van der Waals surface area contributed by atoms with Crippen molar-refractivity contribution in [2.75, 3.05) is 38.2 Å². The SMILES string of the molecule is CN(CC1CCCCO1)C(=O)C1CN(c2nc3c(cc2F)c(=O)c(C(=O)O)cn3-c2nccs2)C1. The van der Waals surface area contributed by atoms with Crippen LogP contribution in [0.15, 0.2) is 28.6 Å². The molecular weight excluding hydrogens is 477 g/mol. The molecule has 35 heavy (non-hydrogen) atoms. The van der Waals surface area contributed by atoms with E-state index in [-0.39, 0.29) is 34.8 Å². The van der Waals surface area contributed by atoms with Gasteiger partial charge >= 0.3 is 5.97 Å². The number of carbonyl (C=O) groups excluding carboxylic acids is 1. The number of aromatic nitrogens is 3. The van der Waals surface area contributed by atoms with Crippen molar-refractivity contribution in [3.8, 4) is 5.13 Å². The average Bonchev–Trinajstić information content (AvgIpc) is 3.34. The third kappa shape index (κ3) is 4.39. The Bertz CT molecular complexity index is 1330. The highest BCUT2D eigenvalue weighted by Gasteiger charge is 2.37. The summed E-state index contributed by atoms with van der Waals surface area (Å²) in [5, 5.41) is 11.4. The molecule has 5 heterocycles. The molecule has 1 amide bonds. The number of thiazole rings is 1. The van der Waals surface area contributed by atoms with Gasteiger partial charge in [-0.3, -0.25) is 14.2 Å². The van der Waals surface area contributed by atoms with Gasteiger partial charge in [-0.2, -0.15) is 0 Å². The molecule has 10 nitrogen and oxygen atoms in total. The van der Waals surface area contributed by atoms with Crippen molar-refractivity contribution in [1.82, 2.24) is 19.4 Å². The minimum atomic E-state index is -1.42. The van der Waals surface area contributed by atoms with Gasteiger partial charge in [0.25, 0.3) is 0 Å². The first kappa shape index (κ1) is 23.4. The first-order valence-corrected chi connectivity index (χ1v) is 12.2. The average molecular weight is 502 g/mol. The van der Waals surface area contributed by atoms with Gasteiger partial charge < -0.3 is 19.6 Å². The molecule has 2 saturated heterocycles. The summed E-state index contributed by atoms with van der Waals surface area (Å²) in [6.07, 6.45) is 5.82. The zero-order valence-corrected chi connectivity index (χ0v) is 19.8. The van der Waals surface area contributed by atoms with E-state index in [9.17, 15) is 19.5 Å². The Balaban J connectivity index is 1.40. The van der Waals surface area contributed by atoms with Crippen molar-refractivity contribution in [3.05, 3.63) is 45.4 Å². The number of halogens is 1. The maximum absolute atomic E-state index is 15.0. The minimum Gasteiger partial charge on any atom is -0.477 e. The van der Waals surface area contributed by atoms with Crippen LogP contribution in [0.5, 0.6) is 0 Å². The summed E-state index contributed by atoms with van der Waals surface area (Å²) in [6.45, 7) is 1.83. The molecule has 0 spiro atoms. The highest BCUT2D eigenvalue weighted by atomic mass is 32.1. The first-order valence-electron chi connectivity index (χ1n) is 11.3. The number of hydrogen-bond donors (Lipinski definition) is 1. The number of carboxylic acid groups (broad SMARTS) is 1.